The van der Waals surface area contributed by atoms with Gasteiger partial charge in [0.2, 0.25) is 5.89 Å². The molecule has 0 unspecified atom stereocenters. The molecule has 1 saturated heterocycles. The molecule has 0 amide bonds. The third-order valence-corrected chi connectivity index (χ3v) is 4.68. The predicted octanol–water partition coefficient (Wildman–Crippen LogP) is 3.40. The number of carboxylic acids is 1. The Balaban J connectivity index is 1.63. The van der Waals surface area contributed by atoms with Crippen LogP contribution in [0.3, 0.4) is 0 Å². The van der Waals surface area contributed by atoms with Crippen molar-refractivity contribution in [2.75, 3.05) is 13.1 Å². The number of hydrogen-bond donors (Lipinski definition) is 1. The average Bonchev–Trinajstić information content (AvgIpc) is 2.96. The van der Waals surface area contributed by atoms with Gasteiger partial charge in [-0.25, -0.2) is 4.98 Å². The zero-order valence-electron chi connectivity index (χ0n) is 12.0. The number of likely N-dealkylation sites (tertiary alicyclic amines) is 1. The van der Waals surface area contributed by atoms with E-state index in [9.17, 15) is 4.79 Å². The van der Waals surface area contributed by atoms with E-state index in [2.05, 4.69) is 25.8 Å². The first-order chi connectivity index (χ1) is 10.6. The van der Waals surface area contributed by atoms with E-state index in [1.807, 2.05) is 24.3 Å². The van der Waals surface area contributed by atoms with Crippen molar-refractivity contribution in [2.45, 2.75) is 19.4 Å². The van der Waals surface area contributed by atoms with Gasteiger partial charge in [-0.05, 0) is 32.0 Å². The Kier molecular flexibility index (Phi) is 4.59. The lowest BCUT2D eigenvalue weighted by molar-refractivity contribution is -0.143. The molecule has 3 rings (SSSR count). The van der Waals surface area contributed by atoms with Gasteiger partial charge >= 0.3 is 5.97 Å². The minimum absolute atomic E-state index is 0.211. The standard InChI is InChI=1S/C16H17BrN2O3/c17-13-4-2-1-3-12(13)14-9-18-15(22-14)10-19-7-5-11(6-8-19)16(20)21/h1-4,9,11H,5-8,10H2,(H,20,21). The van der Waals surface area contributed by atoms with Crippen molar-refractivity contribution < 1.29 is 14.3 Å². The summed E-state index contributed by atoms with van der Waals surface area (Å²) in [4.78, 5) is 17.5. The van der Waals surface area contributed by atoms with E-state index in [0.717, 1.165) is 28.9 Å². The van der Waals surface area contributed by atoms with Gasteiger partial charge in [0.05, 0.1) is 18.7 Å². The predicted molar refractivity (Wildman–Crippen MR) is 85.3 cm³/mol. The molecule has 2 heterocycles. The highest BCUT2D eigenvalue weighted by Crippen LogP contribution is 2.29. The fraction of sp³-hybridized carbons (Fsp3) is 0.375. The first-order valence-corrected chi connectivity index (χ1v) is 8.07. The van der Waals surface area contributed by atoms with Crippen molar-refractivity contribution in [3.63, 3.8) is 0 Å². The van der Waals surface area contributed by atoms with Crippen LogP contribution in [0.1, 0.15) is 18.7 Å². The van der Waals surface area contributed by atoms with Gasteiger partial charge in [-0.2, -0.15) is 0 Å². The third kappa shape index (κ3) is 3.39. The number of nitrogens with zero attached hydrogens (tertiary/aromatic N) is 2. The Labute approximate surface area is 137 Å². The van der Waals surface area contributed by atoms with Gasteiger partial charge in [0.15, 0.2) is 5.76 Å². The lowest BCUT2D eigenvalue weighted by atomic mass is 9.97. The van der Waals surface area contributed by atoms with E-state index in [1.165, 1.54) is 0 Å². The van der Waals surface area contributed by atoms with Crippen molar-refractivity contribution in [1.82, 2.24) is 9.88 Å². The van der Waals surface area contributed by atoms with Crippen LogP contribution in [0.15, 0.2) is 39.4 Å². The summed E-state index contributed by atoms with van der Waals surface area (Å²) in [7, 11) is 0. The Morgan fingerprint density at radius 3 is 2.77 bits per heavy atom. The lowest BCUT2D eigenvalue weighted by Gasteiger charge is -2.28. The molecule has 0 radical (unpaired) electrons. The van der Waals surface area contributed by atoms with Gasteiger partial charge in [-0.3, -0.25) is 9.69 Å². The quantitative estimate of drug-likeness (QED) is 0.900. The van der Waals surface area contributed by atoms with Crippen LogP contribution in [-0.4, -0.2) is 34.0 Å². The Morgan fingerprint density at radius 2 is 2.09 bits per heavy atom. The minimum Gasteiger partial charge on any atom is -0.481 e. The number of rotatable bonds is 4. The number of carbonyl (C=O) groups is 1. The maximum absolute atomic E-state index is 11.0. The van der Waals surface area contributed by atoms with Crippen LogP contribution in [0.5, 0.6) is 0 Å². The molecule has 1 fully saturated rings. The summed E-state index contributed by atoms with van der Waals surface area (Å²) in [6.45, 7) is 2.16. The number of benzene rings is 1. The molecule has 0 aliphatic carbocycles. The van der Waals surface area contributed by atoms with Crippen molar-refractivity contribution in [2.24, 2.45) is 5.92 Å². The van der Waals surface area contributed by atoms with Crippen molar-refractivity contribution in [3.8, 4) is 11.3 Å². The smallest absolute Gasteiger partial charge is 0.306 e. The van der Waals surface area contributed by atoms with E-state index >= 15 is 0 Å². The SMILES string of the molecule is O=C(O)C1CCN(Cc2ncc(-c3ccccc3Br)o2)CC1. The molecule has 1 aliphatic rings. The van der Waals surface area contributed by atoms with Crippen LogP contribution in [-0.2, 0) is 11.3 Å². The fourth-order valence-corrected chi connectivity index (χ4v) is 3.18. The van der Waals surface area contributed by atoms with E-state index < -0.39 is 5.97 Å². The number of aromatic nitrogens is 1. The number of piperidine rings is 1. The maximum atomic E-state index is 11.0. The van der Waals surface area contributed by atoms with E-state index in [1.54, 1.807) is 6.20 Å². The second kappa shape index (κ2) is 6.62. The van der Waals surface area contributed by atoms with Gasteiger partial charge in [0.1, 0.15) is 0 Å². The molecular formula is C16H17BrN2O3. The zero-order chi connectivity index (χ0) is 15.5. The van der Waals surface area contributed by atoms with Crippen LogP contribution in [0.4, 0.5) is 0 Å². The summed E-state index contributed by atoms with van der Waals surface area (Å²) in [5.41, 5.74) is 0.978. The van der Waals surface area contributed by atoms with Crippen molar-refractivity contribution in [3.05, 3.63) is 40.8 Å². The van der Waals surface area contributed by atoms with Gasteiger partial charge in [0.25, 0.3) is 0 Å². The molecule has 22 heavy (non-hydrogen) atoms. The van der Waals surface area contributed by atoms with Gasteiger partial charge < -0.3 is 9.52 Å². The molecular weight excluding hydrogens is 348 g/mol. The summed E-state index contributed by atoms with van der Waals surface area (Å²) >= 11 is 3.51. The van der Waals surface area contributed by atoms with Crippen molar-refractivity contribution in [1.29, 1.82) is 0 Å². The summed E-state index contributed by atoms with van der Waals surface area (Å²) < 4.78 is 6.80. The number of carboxylic acid groups (broad SMARTS) is 1. The zero-order valence-corrected chi connectivity index (χ0v) is 13.6. The largest absolute Gasteiger partial charge is 0.481 e. The highest BCUT2D eigenvalue weighted by molar-refractivity contribution is 9.10. The summed E-state index contributed by atoms with van der Waals surface area (Å²) in [5.74, 6) is 0.506. The molecule has 0 spiro atoms. The van der Waals surface area contributed by atoms with Crippen LogP contribution in [0.2, 0.25) is 0 Å². The van der Waals surface area contributed by atoms with Crippen LogP contribution < -0.4 is 0 Å². The molecule has 1 aromatic carbocycles. The molecule has 5 nitrogen and oxygen atoms in total. The van der Waals surface area contributed by atoms with E-state index in [4.69, 9.17) is 9.52 Å². The molecule has 1 N–H and O–H groups in total. The average molecular weight is 365 g/mol. The minimum atomic E-state index is -0.688. The monoisotopic (exact) mass is 364 g/mol. The maximum Gasteiger partial charge on any atom is 0.306 e. The van der Waals surface area contributed by atoms with Crippen LogP contribution in [0.25, 0.3) is 11.3 Å². The molecule has 0 bridgehead atoms. The van der Waals surface area contributed by atoms with E-state index in [-0.39, 0.29) is 5.92 Å². The molecule has 6 heteroatoms. The molecule has 0 atom stereocenters. The normalized spacial score (nSPS) is 16.8. The number of aliphatic carboxylic acids is 1. The third-order valence-electron chi connectivity index (χ3n) is 3.99. The second-order valence-corrected chi connectivity index (χ2v) is 6.34. The second-order valence-electron chi connectivity index (χ2n) is 5.49. The highest BCUT2D eigenvalue weighted by atomic mass is 79.9. The molecule has 2 aromatic rings. The fourth-order valence-electron chi connectivity index (χ4n) is 2.70. The number of hydrogen-bond acceptors (Lipinski definition) is 4. The summed E-state index contributed by atoms with van der Waals surface area (Å²) in [6, 6.07) is 7.86. The Hall–Kier alpha value is -1.66. The van der Waals surface area contributed by atoms with Crippen LogP contribution in [0, 0.1) is 5.92 Å². The van der Waals surface area contributed by atoms with Gasteiger partial charge in [-0.15, -0.1) is 0 Å². The first kappa shape index (κ1) is 15.2. The molecule has 1 aliphatic heterocycles. The highest BCUT2D eigenvalue weighted by Gasteiger charge is 2.25. The molecule has 116 valence electrons. The molecule has 1 aromatic heterocycles. The topological polar surface area (TPSA) is 66.6 Å². The van der Waals surface area contributed by atoms with Gasteiger partial charge in [0, 0.05) is 10.0 Å². The Bertz CT molecular complexity index is 663. The van der Waals surface area contributed by atoms with E-state index in [0.29, 0.717) is 25.3 Å². The molecule has 0 saturated carbocycles. The number of oxazole rings is 1. The van der Waals surface area contributed by atoms with Gasteiger partial charge in [-0.1, -0.05) is 34.1 Å². The lowest BCUT2D eigenvalue weighted by Crippen LogP contribution is -2.35. The Morgan fingerprint density at radius 1 is 1.36 bits per heavy atom. The van der Waals surface area contributed by atoms with Crippen molar-refractivity contribution >= 4 is 21.9 Å². The first-order valence-electron chi connectivity index (χ1n) is 7.28. The number of halogens is 1. The van der Waals surface area contributed by atoms with Crippen LogP contribution >= 0.6 is 15.9 Å². The summed E-state index contributed by atoms with van der Waals surface area (Å²) in [5, 5.41) is 9.02. The summed E-state index contributed by atoms with van der Waals surface area (Å²) in [6.07, 6.45) is 3.11.